The van der Waals surface area contributed by atoms with Crippen molar-refractivity contribution in [3.63, 3.8) is 0 Å². The Morgan fingerprint density at radius 1 is 0.900 bits per heavy atom. The van der Waals surface area contributed by atoms with E-state index in [1.165, 1.54) is 33.5 Å². The molecule has 1 atom stereocenters. The summed E-state index contributed by atoms with van der Waals surface area (Å²) < 4.78 is 5.36. The molecule has 0 aromatic heterocycles. The van der Waals surface area contributed by atoms with Gasteiger partial charge in [-0.25, -0.2) is 0 Å². The van der Waals surface area contributed by atoms with Crippen molar-refractivity contribution in [3.05, 3.63) is 81.3 Å². The Kier molecular flexibility index (Phi) is 6.62. The minimum atomic E-state index is -2.13. The van der Waals surface area contributed by atoms with E-state index in [2.05, 4.69) is 92.2 Å². The van der Waals surface area contributed by atoms with Gasteiger partial charge in [0.25, 0.3) is 0 Å². The number of rotatable bonds is 6. The van der Waals surface area contributed by atoms with Crippen molar-refractivity contribution in [2.45, 2.75) is 47.0 Å². The molecule has 0 bridgehead atoms. The summed E-state index contributed by atoms with van der Waals surface area (Å²) in [5.41, 5.74) is 4.38. The number of amides is 1. The summed E-state index contributed by atoms with van der Waals surface area (Å²) >= 11 is -2.13. The molecular weight excluding hydrogens is 418 g/mol. The van der Waals surface area contributed by atoms with Crippen molar-refractivity contribution in [1.82, 2.24) is 3.80 Å². The van der Waals surface area contributed by atoms with E-state index >= 15 is 0 Å². The van der Waals surface area contributed by atoms with Crippen LogP contribution in [-0.4, -0.2) is 12.6 Å². The molecule has 1 saturated carbocycles. The van der Waals surface area contributed by atoms with Gasteiger partial charge in [0.1, 0.15) is 0 Å². The van der Waals surface area contributed by atoms with E-state index in [1.54, 1.807) is 3.88 Å². The van der Waals surface area contributed by atoms with Crippen LogP contribution in [0.1, 0.15) is 47.0 Å². The van der Waals surface area contributed by atoms with Crippen LogP contribution in [0.4, 0.5) is 0 Å². The van der Waals surface area contributed by atoms with Gasteiger partial charge in [0.2, 0.25) is 0 Å². The van der Waals surface area contributed by atoms with Crippen LogP contribution in [0, 0.1) is 11.8 Å². The Morgan fingerprint density at radius 3 is 1.83 bits per heavy atom. The zero-order chi connectivity index (χ0) is 21.3. The van der Waals surface area contributed by atoms with Gasteiger partial charge in [-0.3, -0.25) is 0 Å². The summed E-state index contributed by atoms with van der Waals surface area (Å²) in [6.45, 7) is 7.61. The zero-order valence-corrected chi connectivity index (χ0v) is 21.3. The van der Waals surface area contributed by atoms with Gasteiger partial charge in [0.15, 0.2) is 0 Å². The second-order valence-electron chi connectivity index (χ2n) is 8.85. The monoisotopic (exact) mass is 450 g/mol. The third-order valence-corrected chi connectivity index (χ3v) is 20.6. The number of allylic oxidation sites excluding steroid dienone is 4. The molecule has 0 saturated heterocycles. The Balaban J connectivity index is 1.83. The van der Waals surface area contributed by atoms with Crippen LogP contribution >= 0.6 is 0 Å². The quantitative estimate of drug-likeness (QED) is 0.656. The van der Waals surface area contributed by atoms with Gasteiger partial charge in [-0.1, -0.05) is 0 Å². The molecule has 1 amide bonds. The molecule has 155 valence electrons. The van der Waals surface area contributed by atoms with E-state index in [1.807, 2.05) is 0 Å². The third kappa shape index (κ3) is 4.08. The first-order valence-corrected chi connectivity index (χ1v) is 17.1. The van der Waals surface area contributed by atoms with Crippen LogP contribution in [0.5, 0.6) is 0 Å². The fourth-order valence-electron chi connectivity index (χ4n) is 4.82. The number of carbonyl (C=O) groups is 1. The van der Waals surface area contributed by atoms with Crippen molar-refractivity contribution in [1.29, 1.82) is 0 Å². The Hall–Kier alpha value is -1.68. The summed E-state index contributed by atoms with van der Waals surface area (Å²) in [6, 6.07) is 22.1. The number of hydrogen-bond donors (Lipinski definition) is 1. The van der Waals surface area contributed by atoms with E-state index in [0.29, 0.717) is 11.8 Å². The molecule has 0 aliphatic heterocycles. The van der Waals surface area contributed by atoms with Crippen molar-refractivity contribution >= 4 is 22.9 Å². The Morgan fingerprint density at radius 2 is 1.43 bits per heavy atom. The van der Waals surface area contributed by atoms with Gasteiger partial charge < -0.3 is 0 Å². The summed E-state index contributed by atoms with van der Waals surface area (Å²) in [4.78, 5) is 13.3. The molecule has 2 aliphatic rings. The molecule has 4 rings (SSSR count). The second kappa shape index (κ2) is 9.22. The normalized spacial score (nSPS) is 19.3. The SMILES string of the molecule is CC1=C(C)C(C)[C]([Ti]([NH]C(=O)C2CCC2)[SiH](c2ccccc2)c2ccccc2)=C1C. The Bertz CT molecular complexity index is 939. The van der Waals surface area contributed by atoms with E-state index in [0.717, 1.165) is 12.8 Å². The van der Waals surface area contributed by atoms with Gasteiger partial charge >= 0.3 is 189 Å². The predicted molar refractivity (Wildman–Crippen MR) is 125 cm³/mol. The van der Waals surface area contributed by atoms with Gasteiger partial charge in [-0.15, -0.1) is 0 Å². The molecule has 4 heteroatoms. The standard InChI is InChI=1S/C12H11Si.C9H13.C5H9NO.Ti/c1-3-7-11(8-4-1)13-12-9-5-2-6-10-12;1-6-5-7(2)9(4)8(6)3;6-5(7)4-2-1-3-4;/h1-10,13H;6H,1-4H3;4H,1-3H2,(H2,6,7);/q;;;+1/p-1. The van der Waals surface area contributed by atoms with Crippen LogP contribution in [0.25, 0.3) is 0 Å². The molecule has 1 fully saturated rings. The van der Waals surface area contributed by atoms with Gasteiger partial charge in [-0.2, -0.15) is 0 Å². The van der Waals surface area contributed by atoms with Crippen molar-refractivity contribution < 1.29 is 22.2 Å². The van der Waals surface area contributed by atoms with Crippen LogP contribution in [-0.2, 0) is 22.2 Å². The van der Waals surface area contributed by atoms with Crippen molar-refractivity contribution in [2.75, 3.05) is 0 Å². The summed E-state index contributed by atoms with van der Waals surface area (Å²) in [7, 11) is 0. The molecule has 1 N–H and O–H groups in total. The first-order valence-electron chi connectivity index (χ1n) is 11.2. The molecule has 2 aliphatic carbocycles. The molecule has 0 heterocycles. The topological polar surface area (TPSA) is 29.1 Å². The summed E-state index contributed by atoms with van der Waals surface area (Å²) in [5.74, 6) is 1.01. The molecule has 2 aromatic rings. The average molecular weight is 451 g/mol. The first kappa shape index (κ1) is 21.5. The number of hydrogen-bond acceptors (Lipinski definition) is 1. The minimum absolute atomic E-state index is 0.237. The number of benzene rings is 2. The Labute approximate surface area is 188 Å². The van der Waals surface area contributed by atoms with Crippen molar-refractivity contribution in [3.8, 4) is 0 Å². The molecule has 2 aromatic carbocycles. The molecule has 1 unspecified atom stereocenters. The first-order chi connectivity index (χ1) is 14.5. The number of carbonyl (C=O) groups excluding carboxylic acids is 1. The van der Waals surface area contributed by atoms with E-state index in [4.69, 9.17) is 0 Å². The summed E-state index contributed by atoms with van der Waals surface area (Å²) in [5, 5.41) is 2.92. The van der Waals surface area contributed by atoms with Gasteiger partial charge in [-0.05, 0) is 0 Å². The van der Waals surface area contributed by atoms with Crippen LogP contribution in [0.3, 0.4) is 0 Å². The summed E-state index contributed by atoms with van der Waals surface area (Å²) in [6.07, 6.45) is 3.32. The van der Waals surface area contributed by atoms with E-state index < -0.39 is 24.0 Å². The van der Waals surface area contributed by atoms with E-state index in [9.17, 15) is 4.79 Å². The average Bonchev–Trinajstić information content (AvgIpc) is 2.91. The third-order valence-electron chi connectivity index (χ3n) is 7.22. The molecule has 2 nitrogen and oxygen atoms in total. The maximum absolute atomic E-state index is 13.3. The molecular formula is C26H32NOSiTi. The zero-order valence-electron chi connectivity index (χ0n) is 18.5. The van der Waals surface area contributed by atoms with E-state index in [-0.39, 0.29) is 5.92 Å². The number of nitrogens with one attached hydrogen (secondary N) is 1. The fourth-order valence-corrected chi connectivity index (χ4v) is 20.0. The second-order valence-corrected chi connectivity index (χ2v) is 18.7. The molecule has 30 heavy (non-hydrogen) atoms. The van der Waals surface area contributed by atoms with Crippen molar-refractivity contribution in [2.24, 2.45) is 11.8 Å². The maximum atomic E-state index is 13.3. The predicted octanol–water partition coefficient (Wildman–Crippen LogP) is 4.23. The molecule has 0 radical (unpaired) electrons. The van der Waals surface area contributed by atoms with Gasteiger partial charge in [0.05, 0.1) is 0 Å². The van der Waals surface area contributed by atoms with Crippen LogP contribution in [0.2, 0.25) is 0 Å². The molecule has 0 spiro atoms. The fraction of sp³-hybridized carbons (Fsp3) is 0.346. The van der Waals surface area contributed by atoms with Crippen LogP contribution in [0.15, 0.2) is 81.3 Å². The van der Waals surface area contributed by atoms with Gasteiger partial charge in [0, 0.05) is 0 Å². The van der Waals surface area contributed by atoms with Crippen LogP contribution < -0.4 is 14.2 Å².